The molecule has 29 heteroatoms. The van der Waals surface area contributed by atoms with Crippen LogP contribution in [-0.2, 0) is 24.5 Å². The van der Waals surface area contributed by atoms with Crippen LogP contribution in [0.4, 0.5) is 31.0 Å². The van der Waals surface area contributed by atoms with Crippen LogP contribution in [-0.4, -0.2) is 214 Å². The summed E-state index contributed by atoms with van der Waals surface area (Å²) in [5.41, 5.74) is 11.2. The molecule has 111 heavy (non-hydrogen) atoms. The highest BCUT2D eigenvalue weighted by molar-refractivity contribution is 5.85. The molecule has 8 fully saturated rings. The summed E-state index contributed by atoms with van der Waals surface area (Å²) < 4.78 is 64.5. The number of aromatic nitrogens is 13. The van der Waals surface area contributed by atoms with E-state index in [1.807, 2.05) is 66.4 Å². The van der Waals surface area contributed by atoms with Crippen LogP contribution in [0.2, 0.25) is 0 Å². The number of allylic oxidation sites excluding steroid dienone is 1. The SMILES string of the molecule is C=C(C1CCC(c2cc(C3CCC(O)CC3)n3nc(N[C@@H](C)CC(F)(F)F)ncc23)CC1)N1CCOCC1.CC(CC1COC1)Nc1ncc2c(-c3cnn(C4CCC4)c3)cc(C3CCC(O)CC3)n2n1.COC[C@H](C)Nc1ncc2c(-c3cnn(C(C)(C)C(=O)N4CCC(C)(O)CC4)c3)cc(C3CCC(O)CC3)n2n1. The standard InChI is InChI=1S/C29H43N7O4.C28H40F3N5O2.C25H34N6O2/c1-19(18-40-5)32-27-30-16-25-23(14-24(36(25)33-27)20-6-8-22(37)9-7-20)21-15-31-35(17-21)28(2,3)26(38)34-12-10-29(4,39)11-13-34;1-18(16-28(29,30)31)33-27-32-17-26-24(15-25(36(26)34-27)22-7-9-23(37)10-8-22)21-5-3-20(4-6-21)19(2)35-11-13-38-14-12-35;1-16(9-17-14-33-15-17)28-25-26-12-24-22(19-11-27-30(13-19)20-3-2-4-20)10-23(31(24)29-25)18-5-7-21(32)8-6-18/h14-17,19-20,22,37,39H,6-13,18H2,1-5H3,(H,32,33);15,17-18,20-23,37H,2-14,16H2,1H3,(H,33,34);10-13,16-18,20-21,32H,2-9,14-15H2,1H3,(H,28,29)/t19-,20?,22?;18-,20?,21?,22?,23?;/m00./s1. The van der Waals surface area contributed by atoms with Gasteiger partial charge in [-0.2, -0.15) is 23.4 Å². The van der Waals surface area contributed by atoms with Gasteiger partial charge in [0.1, 0.15) is 5.54 Å². The number of morpholine rings is 1. The molecule has 5 aliphatic carbocycles. The Kier molecular flexibility index (Phi) is 24.8. The highest BCUT2D eigenvalue weighted by Gasteiger charge is 2.40. The Morgan fingerprint density at radius 2 is 1.08 bits per heavy atom. The second kappa shape index (κ2) is 34.5. The molecule has 3 atom stereocenters. The molecule has 3 aliphatic heterocycles. The molecule has 1 unspecified atom stereocenters. The minimum Gasteiger partial charge on any atom is -0.393 e. The van der Waals surface area contributed by atoms with Gasteiger partial charge < -0.3 is 60.4 Å². The molecular weight excluding hydrogens is 1420 g/mol. The number of hydrogen-bond acceptors (Lipinski definition) is 20. The van der Waals surface area contributed by atoms with Gasteiger partial charge in [0.05, 0.1) is 117 Å². The van der Waals surface area contributed by atoms with E-state index in [-0.39, 0.29) is 48.0 Å². The quantitative estimate of drug-likeness (QED) is 0.0332. The molecular formula is C82H117F3N18O8. The van der Waals surface area contributed by atoms with Crippen molar-refractivity contribution in [3.63, 3.8) is 0 Å². The lowest BCUT2D eigenvalue weighted by molar-refractivity contribution is -0.143. The van der Waals surface area contributed by atoms with Gasteiger partial charge in [0, 0.05) is 133 Å². The summed E-state index contributed by atoms with van der Waals surface area (Å²) in [5, 5.41) is 73.9. The zero-order valence-electron chi connectivity index (χ0n) is 65.9. The van der Waals surface area contributed by atoms with Crippen molar-refractivity contribution in [2.45, 2.75) is 273 Å². The fraction of sp³-hybridized carbons (Fsp3) is 0.671. The summed E-state index contributed by atoms with van der Waals surface area (Å²) in [6, 6.07) is 6.77. The summed E-state index contributed by atoms with van der Waals surface area (Å²) in [6.45, 7) is 22.4. The van der Waals surface area contributed by atoms with Gasteiger partial charge in [-0.3, -0.25) is 14.2 Å². The van der Waals surface area contributed by atoms with Crippen LogP contribution in [0.1, 0.15) is 242 Å². The zero-order valence-corrected chi connectivity index (χ0v) is 65.9. The predicted octanol–water partition coefficient (Wildman–Crippen LogP) is 13.0. The molecule has 5 saturated carbocycles. The van der Waals surface area contributed by atoms with Crippen LogP contribution < -0.4 is 16.0 Å². The molecule has 11 heterocycles. The van der Waals surface area contributed by atoms with Crippen molar-refractivity contribution in [1.82, 2.24) is 73.2 Å². The molecule has 3 saturated heterocycles. The van der Waals surface area contributed by atoms with Crippen molar-refractivity contribution in [2.24, 2.45) is 11.8 Å². The van der Waals surface area contributed by atoms with E-state index in [9.17, 15) is 38.4 Å². The van der Waals surface area contributed by atoms with Crippen LogP contribution in [0.15, 0.2) is 73.9 Å². The third kappa shape index (κ3) is 18.9. The average Bonchev–Trinajstić information content (AvgIpc) is 1.63. The number of carbonyl (C=O) groups excluding carboxylic acids is 1. The Bertz CT molecular complexity index is 4420. The van der Waals surface area contributed by atoms with Crippen molar-refractivity contribution in [3.05, 3.63) is 96.5 Å². The molecule has 7 N–H and O–H groups in total. The van der Waals surface area contributed by atoms with Crippen molar-refractivity contribution in [1.29, 1.82) is 0 Å². The monoisotopic (exact) mass is 1540 g/mol. The van der Waals surface area contributed by atoms with Crippen LogP contribution in [0, 0.1) is 11.8 Å². The van der Waals surface area contributed by atoms with Gasteiger partial charge in [0.25, 0.3) is 0 Å². The zero-order chi connectivity index (χ0) is 77.9. The minimum atomic E-state index is -4.25. The highest BCUT2D eigenvalue weighted by atomic mass is 19.4. The first-order valence-electron chi connectivity index (χ1n) is 41.1. The molecule has 0 radical (unpaired) electrons. The number of alkyl halides is 3. The van der Waals surface area contributed by atoms with Gasteiger partial charge in [0.2, 0.25) is 23.8 Å². The fourth-order valence-electron chi connectivity index (χ4n) is 18.0. The van der Waals surface area contributed by atoms with Crippen LogP contribution in [0.3, 0.4) is 0 Å². The van der Waals surface area contributed by atoms with Crippen LogP contribution in [0.5, 0.6) is 0 Å². The largest absolute Gasteiger partial charge is 0.393 e. The summed E-state index contributed by atoms with van der Waals surface area (Å²) in [6.07, 6.45) is 28.0. The molecule has 8 aromatic rings. The number of nitrogens with one attached hydrogen (secondary N) is 3. The summed E-state index contributed by atoms with van der Waals surface area (Å²) >= 11 is 0. The first-order chi connectivity index (χ1) is 53.3. The van der Waals surface area contributed by atoms with E-state index in [1.54, 1.807) is 24.2 Å². The number of nitrogens with zero attached hydrogens (tertiary/aromatic N) is 15. The van der Waals surface area contributed by atoms with E-state index in [1.165, 1.54) is 43.1 Å². The molecule has 0 spiro atoms. The maximum atomic E-state index is 13.5. The van der Waals surface area contributed by atoms with Gasteiger partial charge in [-0.15, -0.1) is 15.3 Å². The number of halogens is 3. The number of methoxy groups -OCH3 is 1. The Hall–Kier alpha value is -7.80. The average molecular weight is 1540 g/mol. The lowest BCUT2D eigenvalue weighted by Crippen LogP contribution is -2.52. The number of aliphatic hydroxyl groups is 4. The third-order valence-corrected chi connectivity index (χ3v) is 25.0. The first-order valence-corrected chi connectivity index (χ1v) is 41.1. The number of anilines is 3. The number of amides is 1. The fourth-order valence-corrected chi connectivity index (χ4v) is 18.0. The number of carbonyl (C=O) groups is 1. The lowest BCUT2D eigenvalue weighted by atomic mass is 9.77. The Morgan fingerprint density at radius 1 is 0.604 bits per heavy atom. The van der Waals surface area contributed by atoms with Crippen molar-refractivity contribution in [3.8, 4) is 22.3 Å². The Labute approximate surface area is 648 Å². The molecule has 604 valence electrons. The van der Waals surface area contributed by atoms with Crippen molar-refractivity contribution in [2.75, 3.05) is 82.3 Å². The molecule has 0 aromatic carbocycles. The summed E-state index contributed by atoms with van der Waals surface area (Å²) in [4.78, 5) is 31.4. The van der Waals surface area contributed by atoms with Crippen LogP contribution >= 0.6 is 0 Å². The van der Waals surface area contributed by atoms with E-state index < -0.39 is 29.8 Å². The molecule has 8 aromatic heterocycles. The first kappa shape index (κ1) is 79.8. The van der Waals surface area contributed by atoms with Gasteiger partial charge in [-0.1, -0.05) is 6.58 Å². The summed E-state index contributed by atoms with van der Waals surface area (Å²) in [5.74, 6) is 3.81. The number of likely N-dealkylation sites (tertiary alicyclic amines) is 1. The second-order valence-electron chi connectivity index (χ2n) is 34.1. The van der Waals surface area contributed by atoms with Gasteiger partial charge in [0.15, 0.2) is 0 Å². The van der Waals surface area contributed by atoms with Crippen LogP contribution in [0.25, 0.3) is 38.8 Å². The van der Waals surface area contributed by atoms with Crippen molar-refractivity contribution < 1.29 is 52.6 Å². The normalized spacial score (nSPS) is 25.1. The van der Waals surface area contributed by atoms with Gasteiger partial charge >= 0.3 is 6.18 Å². The lowest BCUT2D eigenvalue weighted by Gasteiger charge is -2.39. The second-order valence-corrected chi connectivity index (χ2v) is 34.1. The maximum Gasteiger partial charge on any atom is 0.391 e. The molecule has 1 amide bonds. The van der Waals surface area contributed by atoms with E-state index in [0.29, 0.717) is 80.2 Å². The van der Waals surface area contributed by atoms with Crippen molar-refractivity contribution >= 4 is 40.3 Å². The number of fused-ring (bicyclic) bond motifs is 3. The van der Waals surface area contributed by atoms with Gasteiger partial charge in [-0.25, -0.2) is 28.5 Å². The maximum absolute atomic E-state index is 13.5. The number of rotatable bonds is 22. The highest BCUT2D eigenvalue weighted by Crippen LogP contribution is 2.46. The smallest absolute Gasteiger partial charge is 0.391 e. The molecule has 16 rings (SSSR count). The number of hydrogen-bond donors (Lipinski definition) is 7. The Balaban J connectivity index is 0.000000139. The number of aliphatic hydroxyl groups excluding tert-OH is 3. The van der Waals surface area contributed by atoms with E-state index in [0.717, 1.165) is 199 Å². The molecule has 26 nitrogen and oxygen atoms in total. The topological polar surface area (TPSA) is 294 Å². The van der Waals surface area contributed by atoms with E-state index in [4.69, 9.17) is 29.5 Å². The van der Waals surface area contributed by atoms with Gasteiger partial charge in [-0.05, 0) is 218 Å². The van der Waals surface area contributed by atoms with E-state index in [2.05, 4.69) is 93.1 Å². The third-order valence-electron chi connectivity index (χ3n) is 25.0. The summed E-state index contributed by atoms with van der Waals surface area (Å²) in [7, 11) is 1.67. The number of piperidine rings is 1. The molecule has 8 aliphatic rings. The predicted molar refractivity (Wildman–Crippen MR) is 419 cm³/mol. The molecule has 0 bridgehead atoms. The number of ether oxygens (including phenoxy) is 3. The Morgan fingerprint density at radius 3 is 1.58 bits per heavy atom. The van der Waals surface area contributed by atoms with E-state index >= 15 is 0 Å². The minimum absolute atomic E-state index is 0.00919.